The average Bonchev–Trinajstić information content (AvgIpc) is 3.85. The van der Waals surface area contributed by atoms with Crippen LogP contribution < -0.4 is 24.8 Å². The van der Waals surface area contributed by atoms with Crippen LogP contribution in [0.2, 0.25) is 0 Å². The third-order valence-corrected chi connectivity index (χ3v) is 14.2. The molecule has 0 nitrogen and oxygen atoms in total. The maximum absolute atomic E-state index is 3.35. The number of rotatable bonds is 5. The third kappa shape index (κ3) is 12.6. The van der Waals surface area contributed by atoms with E-state index in [1.807, 2.05) is 0 Å². The Morgan fingerprint density at radius 3 is 1.18 bits per heavy atom. The van der Waals surface area contributed by atoms with Crippen molar-refractivity contribution in [1.29, 1.82) is 0 Å². The van der Waals surface area contributed by atoms with Crippen LogP contribution in [-0.4, -0.2) is 3.21 Å². The van der Waals surface area contributed by atoms with Crippen molar-refractivity contribution in [2.45, 2.75) is 128 Å². The van der Waals surface area contributed by atoms with Gasteiger partial charge in [-0.25, -0.2) is 6.08 Å². The summed E-state index contributed by atoms with van der Waals surface area (Å²) in [5.41, 5.74) is 20.9. The molecule has 7 aromatic rings. The van der Waals surface area contributed by atoms with Gasteiger partial charge in [0.2, 0.25) is 0 Å². The van der Waals surface area contributed by atoms with Crippen molar-refractivity contribution < 1.29 is 49.0 Å². The Morgan fingerprint density at radius 1 is 0.530 bits per heavy atom. The zero-order valence-electron chi connectivity index (χ0n) is 42.7. The Bertz CT molecular complexity index is 2650. The van der Waals surface area contributed by atoms with Crippen molar-refractivity contribution in [3.63, 3.8) is 0 Å². The summed E-state index contributed by atoms with van der Waals surface area (Å²) in [6, 6.07) is 42.8. The van der Waals surface area contributed by atoms with Gasteiger partial charge in [0, 0.05) is 0 Å². The van der Waals surface area contributed by atoms with Crippen LogP contribution in [0.4, 0.5) is 0 Å². The van der Waals surface area contributed by atoms with Crippen molar-refractivity contribution in [2.75, 3.05) is 0 Å². The molecule has 1 atom stereocenters. The first kappa shape index (κ1) is 54.6. The second kappa shape index (κ2) is 22.0. The molecule has 1 unspecified atom stereocenters. The molecule has 0 saturated heterocycles. The van der Waals surface area contributed by atoms with Crippen LogP contribution in [0.5, 0.6) is 0 Å². The van der Waals surface area contributed by atoms with Gasteiger partial charge in [-0.2, -0.15) is 11.6 Å². The monoisotopic (exact) mass is 988 g/mol. The van der Waals surface area contributed by atoms with Gasteiger partial charge in [0.25, 0.3) is 0 Å². The summed E-state index contributed by atoms with van der Waals surface area (Å²) in [4.78, 5) is 0. The Kier molecular flexibility index (Phi) is 18.2. The maximum atomic E-state index is 3.35. The van der Waals surface area contributed by atoms with Gasteiger partial charge >= 0.3 is 99.2 Å². The SMILES string of the molecule is CCC1[C-]=CC(C(C)(C)C)=C1.Cc1cc(C)c(-c2cc3[cH-]c4cc(-c5c(C)cc(C)cc5C)c(C(C)(C)C)cc4c3cc2C(C)(C)C)c(C)c1.[Cl-].[Cl-].[Zr+2]=[C](c1ccccc1)c1ccccc1. The van der Waals surface area contributed by atoms with Crippen molar-refractivity contribution in [1.82, 2.24) is 0 Å². The number of aryl methyl sites for hydroxylation is 6. The molecule has 8 rings (SSSR count). The van der Waals surface area contributed by atoms with E-state index in [0.717, 1.165) is 0 Å². The molecule has 0 saturated carbocycles. The van der Waals surface area contributed by atoms with Crippen molar-refractivity contribution in [3.8, 4) is 22.3 Å². The van der Waals surface area contributed by atoms with Gasteiger partial charge in [0.05, 0.1) is 0 Å². The molecule has 0 heterocycles. The summed E-state index contributed by atoms with van der Waals surface area (Å²) in [5, 5.41) is 5.41. The van der Waals surface area contributed by atoms with E-state index in [2.05, 4.69) is 244 Å². The van der Waals surface area contributed by atoms with Crippen LogP contribution in [-0.2, 0) is 35.1 Å². The molecule has 7 aromatic carbocycles. The Labute approximate surface area is 426 Å². The topological polar surface area (TPSA) is 0 Å². The van der Waals surface area contributed by atoms with Crippen LogP contribution in [0.3, 0.4) is 0 Å². The molecular formula is C63H72Cl2Zr-2. The fourth-order valence-electron chi connectivity index (χ4n) is 9.56. The van der Waals surface area contributed by atoms with E-state index in [1.54, 1.807) is 0 Å². The summed E-state index contributed by atoms with van der Waals surface area (Å²) in [6.07, 6.45) is 9.00. The summed E-state index contributed by atoms with van der Waals surface area (Å²) < 4.78 is 1.42. The molecule has 344 valence electrons. The fraction of sp³-hybridized carbons (Fsp3) is 0.333. The Balaban J connectivity index is 0.000000287. The molecule has 66 heavy (non-hydrogen) atoms. The van der Waals surface area contributed by atoms with Gasteiger partial charge in [-0.3, -0.25) is 6.08 Å². The van der Waals surface area contributed by atoms with Gasteiger partial charge in [0.15, 0.2) is 0 Å². The first-order valence-electron chi connectivity index (χ1n) is 23.4. The first-order chi connectivity index (χ1) is 30.0. The molecule has 0 radical (unpaired) electrons. The van der Waals surface area contributed by atoms with Gasteiger partial charge < -0.3 is 24.8 Å². The van der Waals surface area contributed by atoms with Gasteiger partial charge in [-0.1, -0.05) is 135 Å². The van der Waals surface area contributed by atoms with E-state index in [9.17, 15) is 0 Å². The van der Waals surface area contributed by atoms with E-state index in [1.165, 1.54) is 139 Å². The van der Waals surface area contributed by atoms with Crippen LogP contribution in [0, 0.1) is 59.0 Å². The van der Waals surface area contributed by atoms with Crippen molar-refractivity contribution >= 4 is 24.8 Å². The Hall–Kier alpha value is -4.00. The zero-order valence-corrected chi connectivity index (χ0v) is 46.6. The number of benzene rings is 6. The second-order valence-corrected chi connectivity index (χ2v) is 22.7. The summed E-state index contributed by atoms with van der Waals surface area (Å²) in [5.74, 6) is 0.573. The van der Waals surface area contributed by atoms with Crippen LogP contribution >= 0.6 is 0 Å². The number of halogens is 2. The molecule has 0 aromatic heterocycles. The van der Waals surface area contributed by atoms with Crippen LogP contribution in [0.15, 0.2) is 133 Å². The average molecular weight is 991 g/mol. The number of hydrogen-bond acceptors (Lipinski definition) is 0. The summed E-state index contributed by atoms with van der Waals surface area (Å²) >= 11 is 1.46. The van der Waals surface area contributed by atoms with E-state index in [-0.39, 0.29) is 35.6 Å². The number of hydrogen-bond donors (Lipinski definition) is 0. The normalized spacial score (nSPS) is 13.5. The number of fused-ring (bicyclic) bond motifs is 3. The minimum atomic E-state index is 0. The molecular weight excluding hydrogens is 919 g/mol. The standard InChI is InChI=1S/C39H45.C13H10.C11H17.2ClH.Zr/c1-22-13-24(3)36(25(4)14-22)32-18-28-17-29-19-33(37-26(5)15-23(2)16-27(37)6)35(39(10,11)12)21-31(29)30(28)20-34(32)38(7,8)9;1-3-7-12(8-4-1)11-13-9-5-2-6-10-13;1-5-9-6-7-10(8-9)11(2,3)4;;;/h13-21H,1-12H3;1-10H;7-9H,5H2,1-4H3;2*1H;/q-1;;-1;;;+2/p-2. The van der Waals surface area contributed by atoms with E-state index >= 15 is 0 Å². The van der Waals surface area contributed by atoms with Gasteiger partial charge in [-0.15, -0.1) is 39.7 Å². The second-order valence-electron chi connectivity index (χ2n) is 21.5. The minimum absolute atomic E-state index is 0. The molecule has 0 N–H and O–H groups in total. The molecule has 1 aliphatic rings. The predicted octanol–water partition coefficient (Wildman–Crippen LogP) is 11.7. The van der Waals surface area contributed by atoms with Crippen molar-refractivity contribution in [2.24, 2.45) is 11.3 Å². The summed E-state index contributed by atoms with van der Waals surface area (Å²) in [7, 11) is 0. The fourth-order valence-corrected chi connectivity index (χ4v) is 10.4. The molecule has 0 bridgehead atoms. The van der Waals surface area contributed by atoms with E-state index in [0.29, 0.717) is 11.3 Å². The first-order valence-corrected chi connectivity index (χ1v) is 24.6. The van der Waals surface area contributed by atoms with E-state index < -0.39 is 0 Å². The predicted molar refractivity (Wildman–Crippen MR) is 279 cm³/mol. The molecule has 1 aliphatic carbocycles. The molecule has 3 heteroatoms. The molecule has 0 aliphatic heterocycles. The quantitative estimate of drug-likeness (QED) is 0.151. The van der Waals surface area contributed by atoms with Crippen LogP contribution in [0.1, 0.15) is 131 Å². The van der Waals surface area contributed by atoms with Crippen LogP contribution in [0.25, 0.3) is 43.8 Å². The van der Waals surface area contributed by atoms with Gasteiger partial charge in [0.1, 0.15) is 0 Å². The van der Waals surface area contributed by atoms with Crippen molar-refractivity contribution in [3.05, 3.63) is 195 Å². The van der Waals surface area contributed by atoms with Gasteiger partial charge in [-0.05, 0) is 108 Å². The third-order valence-electron chi connectivity index (χ3n) is 12.8. The zero-order chi connectivity index (χ0) is 46.9. The number of allylic oxidation sites excluding steroid dienone is 4. The molecule has 0 fully saturated rings. The summed E-state index contributed by atoms with van der Waals surface area (Å²) in [6.45, 7) is 36.5. The molecule has 0 spiro atoms. The molecule has 0 amide bonds. The van der Waals surface area contributed by atoms with E-state index in [4.69, 9.17) is 0 Å². The Morgan fingerprint density at radius 2 is 0.894 bits per heavy atom.